The number of esters is 1. The average Bonchev–Trinajstić information content (AvgIpc) is 2.84. The number of anilines is 1. The zero-order valence-corrected chi connectivity index (χ0v) is 12.3. The van der Waals surface area contributed by atoms with Gasteiger partial charge in [0.2, 0.25) is 5.91 Å². The number of nitrogens with one attached hydrogen (secondary N) is 1. The molecule has 0 aliphatic heterocycles. The number of carbonyl (C=O) groups is 2. The van der Waals surface area contributed by atoms with Crippen molar-refractivity contribution in [3.05, 3.63) is 51.2 Å². The Labute approximate surface area is 125 Å². The van der Waals surface area contributed by atoms with Crippen molar-refractivity contribution in [1.29, 1.82) is 0 Å². The van der Waals surface area contributed by atoms with E-state index in [1.54, 1.807) is 29.6 Å². The van der Waals surface area contributed by atoms with E-state index in [-0.39, 0.29) is 12.3 Å². The number of benzene rings is 1. The smallest absolute Gasteiger partial charge is 0.339 e. The Morgan fingerprint density at radius 2 is 2.05 bits per heavy atom. The van der Waals surface area contributed by atoms with Crippen molar-refractivity contribution in [3.63, 3.8) is 0 Å². The van der Waals surface area contributed by atoms with Gasteiger partial charge in [0, 0.05) is 5.38 Å². The monoisotopic (exact) mass is 309 g/mol. The minimum atomic E-state index is -0.491. The number of amides is 1. The zero-order valence-electron chi connectivity index (χ0n) is 10.7. The molecule has 4 nitrogen and oxygen atoms in total. The van der Waals surface area contributed by atoms with Gasteiger partial charge in [-0.2, -0.15) is 11.3 Å². The molecule has 0 radical (unpaired) electrons. The van der Waals surface area contributed by atoms with Gasteiger partial charge in [-0.3, -0.25) is 4.79 Å². The molecular formula is C14H12ClNO3S. The molecule has 0 spiro atoms. The van der Waals surface area contributed by atoms with Crippen molar-refractivity contribution in [2.75, 3.05) is 12.4 Å². The molecular weight excluding hydrogens is 298 g/mol. The highest BCUT2D eigenvalue weighted by Crippen LogP contribution is 2.22. The normalized spacial score (nSPS) is 10.1. The molecule has 0 saturated heterocycles. The van der Waals surface area contributed by atoms with Crippen LogP contribution in [-0.4, -0.2) is 19.0 Å². The van der Waals surface area contributed by atoms with E-state index >= 15 is 0 Å². The SMILES string of the molecule is COC(=O)c1ccccc1NC(=O)Cc1cscc1Cl. The second-order valence-corrected chi connectivity index (χ2v) is 5.16. The molecule has 0 bridgehead atoms. The molecule has 1 heterocycles. The van der Waals surface area contributed by atoms with Crippen LogP contribution in [0.2, 0.25) is 5.02 Å². The molecule has 0 atom stereocenters. The van der Waals surface area contributed by atoms with E-state index < -0.39 is 5.97 Å². The topological polar surface area (TPSA) is 55.4 Å². The molecule has 1 N–H and O–H groups in total. The maximum Gasteiger partial charge on any atom is 0.339 e. The Kier molecular flexibility index (Phi) is 4.76. The highest BCUT2D eigenvalue weighted by molar-refractivity contribution is 7.08. The van der Waals surface area contributed by atoms with Crippen LogP contribution in [0.3, 0.4) is 0 Å². The lowest BCUT2D eigenvalue weighted by atomic mass is 10.1. The summed E-state index contributed by atoms with van der Waals surface area (Å²) in [6.07, 6.45) is 0.165. The molecule has 1 aromatic heterocycles. The molecule has 0 unspecified atom stereocenters. The molecule has 2 rings (SSSR count). The largest absolute Gasteiger partial charge is 0.465 e. The maximum absolute atomic E-state index is 12.0. The van der Waals surface area contributed by atoms with Gasteiger partial charge in [-0.05, 0) is 23.1 Å². The molecule has 6 heteroatoms. The van der Waals surface area contributed by atoms with Crippen LogP contribution in [0.4, 0.5) is 5.69 Å². The van der Waals surface area contributed by atoms with Gasteiger partial charge in [0.1, 0.15) is 0 Å². The molecule has 0 aliphatic carbocycles. The van der Waals surface area contributed by atoms with Crippen LogP contribution in [0.1, 0.15) is 15.9 Å². The summed E-state index contributed by atoms with van der Waals surface area (Å²) >= 11 is 7.39. The van der Waals surface area contributed by atoms with E-state index in [1.807, 2.05) is 5.38 Å². The molecule has 0 aliphatic rings. The number of halogens is 1. The third-order valence-electron chi connectivity index (χ3n) is 2.65. The summed E-state index contributed by atoms with van der Waals surface area (Å²) in [6.45, 7) is 0. The first-order valence-electron chi connectivity index (χ1n) is 5.79. The Hall–Kier alpha value is -1.85. The molecule has 0 fully saturated rings. The zero-order chi connectivity index (χ0) is 14.5. The van der Waals surface area contributed by atoms with Gasteiger partial charge in [0.15, 0.2) is 0 Å². The number of carbonyl (C=O) groups excluding carboxylic acids is 2. The van der Waals surface area contributed by atoms with Crippen LogP contribution >= 0.6 is 22.9 Å². The molecule has 1 amide bonds. The van der Waals surface area contributed by atoms with Crippen molar-refractivity contribution in [3.8, 4) is 0 Å². The maximum atomic E-state index is 12.0. The fraction of sp³-hybridized carbons (Fsp3) is 0.143. The van der Waals surface area contributed by atoms with Gasteiger partial charge < -0.3 is 10.1 Å². The van der Waals surface area contributed by atoms with Crippen molar-refractivity contribution < 1.29 is 14.3 Å². The van der Waals surface area contributed by atoms with Crippen LogP contribution in [0.15, 0.2) is 35.0 Å². The Balaban J connectivity index is 2.12. The summed E-state index contributed by atoms with van der Waals surface area (Å²) in [5.74, 6) is -0.726. The number of ether oxygens (including phenoxy) is 1. The Bertz CT molecular complexity index is 639. The number of thiophene rings is 1. The highest BCUT2D eigenvalue weighted by atomic mass is 35.5. The molecule has 1 aromatic carbocycles. The quantitative estimate of drug-likeness (QED) is 0.881. The van der Waals surface area contributed by atoms with Gasteiger partial charge in [0.05, 0.1) is 29.8 Å². The van der Waals surface area contributed by atoms with E-state index in [2.05, 4.69) is 10.1 Å². The third-order valence-corrected chi connectivity index (χ3v) is 3.92. The summed E-state index contributed by atoms with van der Waals surface area (Å²) in [7, 11) is 1.30. The predicted octanol–water partition coefficient (Wildman–Crippen LogP) is 3.37. The summed E-state index contributed by atoms with van der Waals surface area (Å²) in [6, 6.07) is 6.69. The van der Waals surface area contributed by atoms with Crippen molar-refractivity contribution in [1.82, 2.24) is 0 Å². The third kappa shape index (κ3) is 3.37. The fourth-order valence-corrected chi connectivity index (χ4v) is 2.74. The second kappa shape index (κ2) is 6.54. The summed E-state index contributed by atoms with van der Waals surface area (Å²) in [5, 5.41) is 6.87. The molecule has 104 valence electrons. The molecule has 2 aromatic rings. The first-order chi connectivity index (χ1) is 9.61. The lowest BCUT2D eigenvalue weighted by Gasteiger charge is -2.09. The van der Waals surface area contributed by atoms with E-state index in [9.17, 15) is 9.59 Å². The Morgan fingerprint density at radius 3 is 2.70 bits per heavy atom. The fourth-order valence-electron chi connectivity index (χ4n) is 1.68. The summed E-state index contributed by atoms with van der Waals surface area (Å²) in [5.41, 5.74) is 1.51. The number of para-hydroxylation sites is 1. The average molecular weight is 310 g/mol. The van der Waals surface area contributed by atoms with Crippen LogP contribution in [0, 0.1) is 0 Å². The predicted molar refractivity (Wildman–Crippen MR) is 79.4 cm³/mol. The van der Waals surface area contributed by atoms with Gasteiger partial charge in [-0.15, -0.1) is 0 Å². The van der Waals surface area contributed by atoms with E-state index in [1.165, 1.54) is 18.4 Å². The summed E-state index contributed by atoms with van der Waals surface area (Å²) < 4.78 is 4.67. The Morgan fingerprint density at radius 1 is 1.30 bits per heavy atom. The highest BCUT2D eigenvalue weighted by Gasteiger charge is 2.14. The second-order valence-electron chi connectivity index (χ2n) is 4.01. The minimum absolute atomic E-state index is 0.165. The van der Waals surface area contributed by atoms with Crippen molar-refractivity contribution in [2.45, 2.75) is 6.42 Å². The first kappa shape index (κ1) is 14.6. The standard InChI is InChI=1S/C14H12ClNO3S/c1-19-14(18)10-4-2-3-5-12(10)16-13(17)6-9-7-20-8-11(9)15/h2-5,7-8H,6H2,1H3,(H,16,17). The van der Waals surface area contributed by atoms with Crippen molar-refractivity contribution >= 4 is 40.5 Å². The van der Waals surface area contributed by atoms with Gasteiger partial charge in [0.25, 0.3) is 0 Å². The number of rotatable bonds is 4. The summed E-state index contributed by atoms with van der Waals surface area (Å²) in [4.78, 5) is 23.6. The molecule has 20 heavy (non-hydrogen) atoms. The lowest BCUT2D eigenvalue weighted by molar-refractivity contribution is -0.115. The van der Waals surface area contributed by atoms with Crippen LogP contribution < -0.4 is 5.32 Å². The van der Waals surface area contributed by atoms with Gasteiger partial charge in [-0.1, -0.05) is 23.7 Å². The van der Waals surface area contributed by atoms with Gasteiger partial charge in [-0.25, -0.2) is 4.79 Å². The van der Waals surface area contributed by atoms with Gasteiger partial charge >= 0.3 is 5.97 Å². The van der Waals surface area contributed by atoms with Crippen LogP contribution in [-0.2, 0) is 16.0 Å². The van der Waals surface area contributed by atoms with E-state index in [4.69, 9.17) is 11.6 Å². The van der Waals surface area contributed by atoms with E-state index in [0.29, 0.717) is 16.3 Å². The molecule has 0 saturated carbocycles. The van der Waals surface area contributed by atoms with E-state index in [0.717, 1.165) is 5.56 Å². The van der Waals surface area contributed by atoms with Crippen LogP contribution in [0.25, 0.3) is 0 Å². The first-order valence-corrected chi connectivity index (χ1v) is 7.11. The van der Waals surface area contributed by atoms with Crippen LogP contribution in [0.5, 0.6) is 0 Å². The number of methoxy groups -OCH3 is 1. The number of hydrogen-bond donors (Lipinski definition) is 1. The lowest BCUT2D eigenvalue weighted by Crippen LogP contribution is -2.17. The van der Waals surface area contributed by atoms with Crippen molar-refractivity contribution in [2.24, 2.45) is 0 Å². The minimum Gasteiger partial charge on any atom is -0.465 e. The number of hydrogen-bond acceptors (Lipinski definition) is 4.